The topological polar surface area (TPSA) is 65.2 Å². The monoisotopic (exact) mass is 475 g/mol. The molecule has 0 aliphatic rings. The van der Waals surface area contributed by atoms with Crippen molar-refractivity contribution in [1.82, 2.24) is 9.88 Å². The number of anilines is 1. The van der Waals surface area contributed by atoms with Crippen LogP contribution in [0.5, 0.6) is 0 Å². The molecule has 0 unspecified atom stereocenters. The van der Waals surface area contributed by atoms with E-state index in [0.29, 0.717) is 20.5 Å². The van der Waals surface area contributed by atoms with E-state index in [9.17, 15) is 8.42 Å². The SMILES string of the molecule is CCN(CC)CCc1c[nH]c2c(NS(=O)(=O)c3sc4ccc(Cl)cc4c3C)cccc12. The van der Waals surface area contributed by atoms with E-state index in [4.69, 9.17) is 11.6 Å². The summed E-state index contributed by atoms with van der Waals surface area (Å²) in [4.78, 5) is 5.66. The maximum atomic E-state index is 13.3. The zero-order chi connectivity index (χ0) is 22.2. The first-order valence-corrected chi connectivity index (χ1v) is 13.0. The summed E-state index contributed by atoms with van der Waals surface area (Å²) >= 11 is 7.37. The number of aryl methyl sites for hydroxylation is 1. The molecule has 0 saturated heterocycles. The van der Waals surface area contributed by atoms with E-state index in [2.05, 4.69) is 28.5 Å². The number of nitrogens with one attached hydrogen (secondary N) is 2. The number of thiophene rings is 1. The number of aromatic amines is 1. The third-order valence-corrected chi connectivity index (χ3v) is 9.23. The zero-order valence-corrected chi connectivity index (χ0v) is 20.2. The molecule has 8 heteroatoms. The average molecular weight is 476 g/mol. The predicted octanol–water partition coefficient (Wildman–Crippen LogP) is 6.03. The van der Waals surface area contributed by atoms with E-state index < -0.39 is 10.0 Å². The number of fused-ring (bicyclic) bond motifs is 2. The van der Waals surface area contributed by atoms with E-state index in [0.717, 1.165) is 47.0 Å². The molecule has 2 heterocycles. The van der Waals surface area contributed by atoms with E-state index in [1.807, 2.05) is 37.4 Å². The highest BCUT2D eigenvalue weighted by atomic mass is 35.5. The van der Waals surface area contributed by atoms with Crippen molar-refractivity contribution in [2.24, 2.45) is 0 Å². The van der Waals surface area contributed by atoms with Crippen LogP contribution in [-0.4, -0.2) is 37.9 Å². The van der Waals surface area contributed by atoms with Crippen molar-refractivity contribution in [2.45, 2.75) is 31.4 Å². The van der Waals surface area contributed by atoms with E-state index in [1.165, 1.54) is 16.9 Å². The molecule has 5 nitrogen and oxygen atoms in total. The summed E-state index contributed by atoms with van der Waals surface area (Å²) in [5, 5.41) is 2.51. The Balaban J connectivity index is 1.66. The van der Waals surface area contributed by atoms with Crippen LogP contribution in [0.25, 0.3) is 21.0 Å². The number of H-pyrrole nitrogens is 1. The summed E-state index contributed by atoms with van der Waals surface area (Å²) in [6, 6.07) is 11.2. The van der Waals surface area contributed by atoms with Gasteiger partial charge in [-0.15, -0.1) is 11.3 Å². The lowest BCUT2D eigenvalue weighted by molar-refractivity contribution is 0.308. The summed E-state index contributed by atoms with van der Waals surface area (Å²) in [7, 11) is -3.74. The van der Waals surface area contributed by atoms with Gasteiger partial charge in [-0.25, -0.2) is 8.42 Å². The van der Waals surface area contributed by atoms with Crippen LogP contribution in [0.3, 0.4) is 0 Å². The first-order chi connectivity index (χ1) is 14.8. The minimum Gasteiger partial charge on any atom is -0.359 e. The number of nitrogens with zero attached hydrogens (tertiary/aromatic N) is 1. The van der Waals surface area contributed by atoms with Crippen LogP contribution in [0.15, 0.2) is 46.8 Å². The van der Waals surface area contributed by atoms with Crippen molar-refractivity contribution < 1.29 is 8.42 Å². The molecule has 4 rings (SSSR count). The number of sulfonamides is 1. The molecular weight excluding hydrogens is 450 g/mol. The summed E-state index contributed by atoms with van der Waals surface area (Å²) in [6.07, 6.45) is 2.90. The zero-order valence-electron chi connectivity index (χ0n) is 17.8. The number of para-hydroxylation sites is 1. The van der Waals surface area contributed by atoms with Gasteiger partial charge in [-0.3, -0.25) is 4.72 Å². The standard InChI is InChI=1S/C23H26ClN3O2S2/c1-4-27(5-2)12-11-16-14-25-22-18(16)7-6-8-20(22)26-31(28,29)23-15(3)19-13-17(24)9-10-21(19)30-23/h6-10,13-14,25-26H,4-5,11-12H2,1-3H3. The Bertz CT molecular complexity index is 1340. The molecule has 164 valence electrons. The Morgan fingerprint density at radius 3 is 2.65 bits per heavy atom. The Kier molecular flexibility index (Phi) is 6.30. The largest absolute Gasteiger partial charge is 0.359 e. The number of hydrogen-bond acceptors (Lipinski definition) is 4. The number of halogens is 1. The molecule has 0 radical (unpaired) electrons. The second-order valence-electron chi connectivity index (χ2n) is 7.58. The predicted molar refractivity (Wildman–Crippen MR) is 132 cm³/mol. The number of likely N-dealkylation sites (N-methyl/N-ethyl adjacent to an activating group) is 1. The lowest BCUT2D eigenvalue weighted by Crippen LogP contribution is -2.25. The number of benzene rings is 2. The van der Waals surface area contributed by atoms with Gasteiger partial charge in [0.15, 0.2) is 0 Å². The van der Waals surface area contributed by atoms with Crippen molar-refractivity contribution in [3.05, 3.63) is 58.7 Å². The average Bonchev–Trinajstić information content (AvgIpc) is 3.31. The highest BCUT2D eigenvalue weighted by Crippen LogP contribution is 2.37. The summed E-state index contributed by atoms with van der Waals surface area (Å²) < 4.78 is 30.6. The molecule has 2 aromatic carbocycles. The maximum absolute atomic E-state index is 13.3. The first kappa shape index (κ1) is 22.1. The fourth-order valence-corrected chi connectivity index (χ4v) is 6.93. The molecule has 0 fully saturated rings. The van der Waals surface area contributed by atoms with Gasteiger partial charge in [0.1, 0.15) is 4.21 Å². The summed E-state index contributed by atoms with van der Waals surface area (Å²) in [5.74, 6) is 0. The Morgan fingerprint density at radius 1 is 1.13 bits per heavy atom. The summed E-state index contributed by atoms with van der Waals surface area (Å²) in [5.41, 5.74) is 3.27. The van der Waals surface area contributed by atoms with Gasteiger partial charge in [0.25, 0.3) is 10.0 Å². The van der Waals surface area contributed by atoms with Crippen LogP contribution in [0, 0.1) is 6.92 Å². The Labute approximate surface area is 192 Å². The number of rotatable bonds is 8. The second kappa shape index (κ2) is 8.82. The fraction of sp³-hybridized carbons (Fsp3) is 0.304. The molecule has 0 saturated carbocycles. The molecule has 0 aliphatic carbocycles. The minimum atomic E-state index is -3.74. The second-order valence-corrected chi connectivity index (χ2v) is 10.9. The smallest absolute Gasteiger partial charge is 0.271 e. The van der Waals surface area contributed by atoms with Crippen LogP contribution < -0.4 is 4.72 Å². The van der Waals surface area contributed by atoms with E-state index in [1.54, 1.807) is 12.1 Å². The van der Waals surface area contributed by atoms with Gasteiger partial charge >= 0.3 is 0 Å². The van der Waals surface area contributed by atoms with Gasteiger partial charge in [-0.2, -0.15) is 0 Å². The number of hydrogen-bond donors (Lipinski definition) is 2. The van der Waals surface area contributed by atoms with Crippen molar-refractivity contribution >= 4 is 59.6 Å². The van der Waals surface area contributed by atoms with Crippen molar-refractivity contribution in [2.75, 3.05) is 24.4 Å². The molecule has 0 aliphatic heterocycles. The van der Waals surface area contributed by atoms with Crippen LogP contribution >= 0.6 is 22.9 Å². The van der Waals surface area contributed by atoms with Gasteiger partial charge < -0.3 is 9.88 Å². The van der Waals surface area contributed by atoms with Gasteiger partial charge in [0.2, 0.25) is 0 Å². The highest BCUT2D eigenvalue weighted by molar-refractivity contribution is 7.95. The van der Waals surface area contributed by atoms with Crippen LogP contribution in [-0.2, 0) is 16.4 Å². The summed E-state index contributed by atoms with van der Waals surface area (Å²) in [6.45, 7) is 9.15. The van der Waals surface area contributed by atoms with Crippen molar-refractivity contribution in [3.8, 4) is 0 Å². The normalized spacial score (nSPS) is 12.3. The van der Waals surface area contributed by atoms with Crippen LogP contribution in [0.2, 0.25) is 5.02 Å². The Hall–Kier alpha value is -2.06. The molecule has 0 spiro atoms. The van der Waals surface area contributed by atoms with Crippen LogP contribution in [0.4, 0.5) is 5.69 Å². The highest BCUT2D eigenvalue weighted by Gasteiger charge is 2.23. The number of aromatic nitrogens is 1. The fourth-order valence-electron chi connectivity index (χ4n) is 3.94. The third-order valence-electron chi connectivity index (χ3n) is 5.74. The molecule has 0 atom stereocenters. The van der Waals surface area contributed by atoms with Gasteiger partial charge in [-0.1, -0.05) is 37.6 Å². The van der Waals surface area contributed by atoms with E-state index >= 15 is 0 Å². The molecule has 2 aromatic heterocycles. The molecular formula is C23H26ClN3O2S2. The van der Waals surface area contributed by atoms with Crippen LogP contribution in [0.1, 0.15) is 25.0 Å². The minimum absolute atomic E-state index is 0.315. The quantitative estimate of drug-likeness (QED) is 0.327. The van der Waals surface area contributed by atoms with E-state index in [-0.39, 0.29) is 0 Å². The molecule has 2 N–H and O–H groups in total. The lowest BCUT2D eigenvalue weighted by atomic mass is 10.1. The molecule has 4 aromatic rings. The van der Waals surface area contributed by atoms with Gasteiger partial charge in [0.05, 0.1) is 11.2 Å². The van der Waals surface area contributed by atoms with Crippen molar-refractivity contribution in [3.63, 3.8) is 0 Å². The maximum Gasteiger partial charge on any atom is 0.271 e. The van der Waals surface area contributed by atoms with Gasteiger partial charge in [0, 0.05) is 27.9 Å². The lowest BCUT2D eigenvalue weighted by Gasteiger charge is -2.17. The first-order valence-electron chi connectivity index (χ1n) is 10.4. The Morgan fingerprint density at radius 2 is 1.90 bits per heavy atom. The van der Waals surface area contributed by atoms with Gasteiger partial charge in [-0.05, 0) is 67.2 Å². The molecule has 31 heavy (non-hydrogen) atoms. The molecule has 0 bridgehead atoms. The third kappa shape index (κ3) is 4.32. The van der Waals surface area contributed by atoms with Crippen molar-refractivity contribution in [1.29, 1.82) is 0 Å². The molecule has 0 amide bonds.